The Hall–Kier alpha value is -1.20. The maximum atomic E-state index is 12.2. The van der Waals surface area contributed by atoms with Gasteiger partial charge in [-0.1, -0.05) is 0 Å². The van der Waals surface area contributed by atoms with E-state index in [2.05, 4.69) is 25.2 Å². The summed E-state index contributed by atoms with van der Waals surface area (Å²) >= 11 is 1.56. The lowest BCUT2D eigenvalue weighted by Gasteiger charge is -2.27. The fourth-order valence-corrected chi connectivity index (χ4v) is 3.19. The molecule has 1 aromatic carbocycles. The quantitative estimate of drug-likeness (QED) is 0.860. The Morgan fingerprint density at radius 2 is 1.95 bits per heavy atom. The van der Waals surface area contributed by atoms with Crippen LogP contribution in [0, 0.1) is 13.8 Å². The molecule has 1 amide bonds. The summed E-state index contributed by atoms with van der Waals surface area (Å²) in [7, 11) is 1.67. The molecule has 1 heterocycles. The largest absolute Gasteiger partial charge is 0.496 e. The molecule has 1 aliphatic heterocycles. The molecule has 0 aliphatic carbocycles. The van der Waals surface area contributed by atoms with Crippen molar-refractivity contribution in [3.8, 4) is 5.75 Å². The first-order valence-corrected chi connectivity index (χ1v) is 7.87. The van der Waals surface area contributed by atoms with Gasteiger partial charge in [-0.15, -0.1) is 11.8 Å². The summed E-state index contributed by atoms with van der Waals surface area (Å²) in [5.41, 5.74) is 2.43. The number of carbonyl (C=O) groups is 1. The van der Waals surface area contributed by atoms with Gasteiger partial charge in [0.05, 0.1) is 17.8 Å². The van der Waals surface area contributed by atoms with Crippen molar-refractivity contribution in [1.82, 2.24) is 10.2 Å². The van der Waals surface area contributed by atoms with Crippen LogP contribution in [0.4, 0.5) is 0 Å². The molecule has 0 atom stereocenters. The van der Waals surface area contributed by atoms with Crippen LogP contribution in [0.3, 0.4) is 0 Å². The fraction of sp³-hybridized carbons (Fsp3) is 0.533. The number of amides is 1. The third kappa shape index (κ3) is 3.67. The lowest BCUT2D eigenvalue weighted by atomic mass is 10.1. The SMILES string of the molecule is COc1cc(C)c(C)cc1SCC(=O)N1CCNCC1. The van der Waals surface area contributed by atoms with Gasteiger partial charge in [0.25, 0.3) is 0 Å². The van der Waals surface area contributed by atoms with Crippen LogP contribution in [0.1, 0.15) is 11.1 Å². The number of thioether (sulfide) groups is 1. The Kier molecular flexibility index (Phi) is 5.31. The second-order valence-electron chi connectivity index (χ2n) is 5.01. The van der Waals surface area contributed by atoms with Crippen molar-refractivity contribution in [3.05, 3.63) is 23.3 Å². The van der Waals surface area contributed by atoms with Crippen molar-refractivity contribution < 1.29 is 9.53 Å². The van der Waals surface area contributed by atoms with Crippen LogP contribution in [0.2, 0.25) is 0 Å². The number of piperazine rings is 1. The smallest absolute Gasteiger partial charge is 0.233 e. The van der Waals surface area contributed by atoms with Crippen LogP contribution in [0.5, 0.6) is 5.75 Å². The summed E-state index contributed by atoms with van der Waals surface area (Å²) < 4.78 is 5.40. The molecule has 1 saturated heterocycles. The molecule has 0 bridgehead atoms. The molecule has 0 radical (unpaired) electrons. The van der Waals surface area contributed by atoms with Crippen molar-refractivity contribution in [2.24, 2.45) is 0 Å². The Morgan fingerprint density at radius 3 is 2.60 bits per heavy atom. The van der Waals surface area contributed by atoms with Crippen molar-refractivity contribution >= 4 is 17.7 Å². The summed E-state index contributed by atoms with van der Waals surface area (Å²) in [5.74, 6) is 1.53. The van der Waals surface area contributed by atoms with Crippen molar-refractivity contribution in [1.29, 1.82) is 0 Å². The number of ether oxygens (including phenoxy) is 1. The van der Waals surface area contributed by atoms with Crippen LogP contribution in [0.25, 0.3) is 0 Å². The molecule has 0 saturated carbocycles. The molecule has 0 spiro atoms. The van der Waals surface area contributed by atoms with Gasteiger partial charge in [0, 0.05) is 26.2 Å². The van der Waals surface area contributed by atoms with Gasteiger partial charge in [-0.2, -0.15) is 0 Å². The van der Waals surface area contributed by atoms with Crippen LogP contribution >= 0.6 is 11.8 Å². The number of hydrogen-bond acceptors (Lipinski definition) is 4. The molecule has 1 aromatic rings. The Bertz CT molecular complexity index is 485. The predicted molar refractivity (Wildman–Crippen MR) is 82.6 cm³/mol. The summed E-state index contributed by atoms with van der Waals surface area (Å²) in [6, 6.07) is 4.14. The average molecular weight is 294 g/mol. The zero-order valence-corrected chi connectivity index (χ0v) is 13.2. The van der Waals surface area contributed by atoms with Gasteiger partial charge in [-0.05, 0) is 37.1 Å². The number of methoxy groups -OCH3 is 1. The molecule has 4 nitrogen and oxygen atoms in total. The van der Waals surface area contributed by atoms with Gasteiger partial charge in [0.15, 0.2) is 0 Å². The molecule has 5 heteroatoms. The Labute approximate surface area is 124 Å². The molecule has 1 aliphatic rings. The van der Waals surface area contributed by atoms with E-state index in [1.165, 1.54) is 11.1 Å². The highest BCUT2D eigenvalue weighted by atomic mass is 32.2. The maximum Gasteiger partial charge on any atom is 0.233 e. The van der Waals surface area contributed by atoms with E-state index in [9.17, 15) is 4.79 Å². The number of nitrogens with zero attached hydrogens (tertiary/aromatic N) is 1. The normalized spacial score (nSPS) is 15.2. The first-order valence-electron chi connectivity index (χ1n) is 6.88. The minimum Gasteiger partial charge on any atom is -0.496 e. The fourth-order valence-electron chi connectivity index (χ4n) is 2.18. The zero-order valence-electron chi connectivity index (χ0n) is 12.4. The molecule has 1 N–H and O–H groups in total. The number of hydrogen-bond donors (Lipinski definition) is 1. The van der Waals surface area contributed by atoms with Crippen LogP contribution < -0.4 is 10.1 Å². The highest BCUT2D eigenvalue weighted by molar-refractivity contribution is 8.00. The number of carbonyl (C=O) groups excluding carboxylic acids is 1. The van der Waals surface area contributed by atoms with E-state index in [0.29, 0.717) is 5.75 Å². The van der Waals surface area contributed by atoms with Gasteiger partial charge in [0.1, 0.15) is 5.75 Å². The summed E-state index contributed by atoms with van der Waals surface area (Å²) in [5, 5.41) is 3.25. The lowest BCUT2D eigenvalue weighted by Crippen LogP contribution is -2.47. The second-order valence-corrected chi connectivity index (χ2v) is 6.02. The molecular formula is C15H22N2O2S. The average Bonchev–Trinajstić information content (AvgIpc) is 2.48. The minimum atomic E-state index is 0.205. The molecule has 0 aromatic heterocycles. The van der Waals surface area contributed by atoms with Gasteiger partial charge in [-0.25, -0.2) is 0 Å². The van der Waals surface area contributed by atoms with E-state index in [4.69, 9.17) is 4.74 Å². The summed E-state index contributed by atoms with van der Waals surface area (Å²) in [6.07, 6.45) is 0. The number of aryl methyl sites for hydroxylation is 2. The van der Waals surface area contributed by atoms with E-state index in [1.807, 2.05) is 11.0 Å². The monoisotopic (exact) mass is 294 g/mol. The van der Waals surface area contributed by atoms with E-state index in [1.54, 1.807) is 18.9 Å². The summed E-state index contributed by atoms with van der Waals surface area (Å²) in [6.45, 7) is 7.55. The molecule has 1 fully saturated rings. The van der Waals surface area contributed by atoms with Crippen molar-refractivity contribution in [2.45, 2.75) is 18.7 Å². The van der Waals surface area contributed by atoms with Crippen molar-refractivity contribution in [2.75, 3.05) is 39.0 Å². The molecule has 2 rings (SSSR count). The Morgan fingerprint density at radius 1 is 1.30 bits per heavy atom. The minimum absolute atomic E-state index is 0.205. The van der Waals surface area contributed by atoms with Gasteiger partial charge < -0.3 is 15.0 Å². The van der Waals surface area contributed by atoms with E-state index >= 15 is 0 Å². The summed E-state index contributed by atoms with van der Waals surface area (Å²) in [4.78, 5) is 15.1. The number of benzene rings is 1. The highest BCUT2D eigenvalue weighted by Crippen LogP contribution is 2.32. The first kappa shape index (κ1) is 15.2. The maximum absolute atomic E-state index is 12.2. The number of nitrogens with one attached hydrogen (secondary N) is 1. The molecule has 110 valence electrons. The first-order chi connectivity index (χ1) is 9.61. The van der Waals surface area contributed by atoms with E-state index in [0.717, 1.165) is 36.8 Å². The standard InChI is InChI=1S/C15H22N2O2S/c1-11-8-13(19-3)14(9-12(11)2)20-10-15(18)17-6-4-16-5-7-17/h8-9,16H,4-7,10H2,1-3H3. The van der Waals surface area contributed by atoms with E-state index in [-0.39, 0.29) is 5.91 Å². The molecule has 20 heavy (non-hydrogen) atoms. The van der Waals surface area contributed by atoms with Crippen molar-refractivity contribution in [3.63, 3.8) is 0 Å². The van der Waals surface area contributed by atoms with E-state index < -0.39 is 0 Å². The van der Waals surface area contributed by atoms with Gasteiger partial charge >= 0.3 is 0 Å². The number of rotatable bonds is 4. The third-order valence-corrected chi connectivity index (χ3v) is 4.62. The van der Waals surface area contributed by atoms with Crippen LogP contribution in [0.15, 0.2) is 17.0 Å². The topological polar surface area (TPSA) is 41.6 Å². The second kappa shape index (κ2) is 6.99. The third-order valence-electron chi connectivity index (χ3n) is 3.60. The molecular weight excluding hydrogens is 272 g/mol. The lowest BCUT2D eigenvalue weighted by molar-refractivity contribution is -0.128. The van der Waals surface area contributed by atoms with Crippen LogP contribution in [-0.4, -0.2) is 49.8 Å². The van der Waals surface area contributed by atoms with Gasteiger partial charge in [-0.3, -0.25) is 4.79 Å². The highest BCUT2D eigenvalue weighted by Gasteiger charge is 2.17. The van der Waals surface area contributed by atoms with Crippen LogP contribution in [-0.2, 0) is 4.79 Å². The Balaban J connectivity index is 1.99. The molecule has 0 unspecified atom stereocenters. The van der Waals surface area contributed by atoms with Gasteiger partial charge in [0.2, 0.25) is 5.91 Å². The predicted octanol–water partition coefficient (Wildman–Crippen LogP) is 1.84. The zero-order chi connectivity index (χ0) is 14.5.